The molecule has 0 aliphatic heterocycles. The van der Waals surface area contributed by atoms with Crippen molar-refractivity contribution in [1.29, 1.82) is 0 Å². The topological polar surface area (TPSA) is 34.2 Å². The number of nitrogens with zero attached hydrogens (tertiary/aromatic N) is 1. The molecule has 1 aliphatic rings. The molecule has 0 saturated heterocycles. The van der Waals surface area contributed by atoms with E-state index in [2.05, 4.69) is 22.4 Å². The predicted octanol–water partition coefficient (Wildman–Crippen LogP) is 3.59. The molecule has 1 fully saturated rings. The molecule has 100 valence electrons. The number of nitrogens with one attached hydrogen (secondary N) is 1. The number of fused-ring (bicyclic) bond motifs is 1. The van der Waals surface area contributed by atoms with E-state index in [9.17, 15) is 0 Å². The Hall–Kier alpha value is -1.61. The molecule has 0 bridgehead atoms. The number of rotatable bonds is 6. The first-order chi connectivity index (χ1) is 9.36. The van der Waals surface area contributed by atoms with Gasteiger partial charge in [-0.25, -0.2) is 4.98 Å². The minimum Gasteiger partial charge on any atom is -0.377 e. The molecule has 0 unspecified atom stereocenters. The van der Waals surface area contributed by atoms with Gasteiger partial charge >= 0.3 is 0 Å². The van der Waals surface area contributed by atoms with E-state index in [1.54, 1.807) is 0 Å². The number of ether oxygens (including phenoxy) is 1. The van der Waals surface area contributed by atoms with Crippen LogP contribution in [0.2, 0.25) is 0 Å². The second-order valence-corrected chi connectivity index (χ2v) is 5.22. The summed E-state index contributed by atoms with van der Waals surface area (Å²) >= 11 is 0. The van der Waals surface area contributed by atoms with E-state index in [-0.39, 0.29) is 0 Å². The number of anilines is 1. The lowest BCUT2D eigenvalue weighted by Gasteiger charge is -2.10. The van der Waals surface area contributed by atoms with Crippen LogP contribution in [0.5, 0.6) is 0 Å². The largest absolute Gasteiger partial charge is 0.377 e. The summed E-state index contributed by atoms with van der Waals surface area (Å²) in [5, 5.41) is 4.33. The second-order valence-electron chi connectivity index (χ2n) is 5.22. The monoisotopic (exact) mass is 256 g/mol. The first kappa shape index (κ1) is 12.4. The summed E-state index contributed by atoms with van der Waals surface area (Å²) in [6, 6.07) is 10.4. The molecule has 0 amide bonds. The lowest BCUT2D eigenvalue weighted by atomic mass is 10.1. The molecule has 2 aromatic rings. The summed E-state index contributed by atoms with van der Waals surface area (Å²) < 4.78 is 5.78. The zero-order chi connectivity index (χ0) is 13.1. The molecule has 1 saturated carbocycles. The van der Waals surface area contributed by atoms with Gasteiger partial charge in [-0.05, 0) is 24.5 Å². The van der Waals surface area contributed by atoms with Crippen molar-refractivity contribution >= 4 is 16.7 Å². The molecule has 0 atom stereocenters. The second kappa shape index (κ2) is 5.57. The molecule has 1 aromatic heterocycles. The first-order valence-corrected chi connectivity index (χ1v) is 7.01. The Bertz CT molecular complexity index is 564. The molecule has 3 nitrogen and oxygen atoms in total. The van der Waals surface area contributed by atoms with Gasteiger partial charge in [0.05, 0.1) is 12.1 Å². The van der Waals surface area contributed by atoms with Crippen LogP contribution in [0.1, 0.15) is 24.8 Å². The fourth-order valence-corrected chi connectivity index (χ4v) is 2.32. The van der Waals surface area contributed by atoms with E-state index in [4.69, 9.17) is 4.74 Å². The van der Waals surface area contributed by atoms with E-state index in [0.717, 1.165) is 29.4 Å². The van der Waals surface area contributed by atoms with Crippen LogP contribution in [0.15, 0.2) is 30.3 Å². The third-order valence-corrected chi connectivity index (χ3v) is 3.66. The first-order valence-electron chi connectivity index (χ1n) is 7.01. The zero-order valence-corrected chi connectivity index (χ0v) is 11.4. The minimum absolute atomic E-state index is 0.640. The van der Waals surface area contributed by atoms with Crippen LogP contribution < -0.4 is 5.32 Å². The van der Waals surface area contributed by atoms with E-state index in [1.807, 2.05) is 25.2 Å². The van der Waals surface area contributed by atoms with E-state index in [1.165, 1.54) is 24.6 Å². The van der Waals surface area contributed by atoms with Gasteiger partial charge in [0.1, 0.15) is 5.82 Å². The number of pyridine rings is 1. The Kier molecular flexibility index (Phi) is 3.65. The number of benzene rings is 1. The molecule has 1 aromatic carbocycles. The van der Waals surface area contributed by atoms with Crippen molar-refractivity contribution in [3.8, 4) is 0 Å². The van der Waals surface area contributed by atoms with Gasteiger partial charge in [0, 0.05) is 24.6 Å². The smallest absolute Gasteiger partial charge is 0.131 e. The highest BCUT2D eigenvalue weighted by Crippen LogP contribution is 2.32. The van der Waals surface area contributed by atoms with Gasteiger partial charge in [-0.1, -0.05) is 31.0 Å². The van der Waals surface area contributed by atoms with Crippen LogP contribution in [0, 0.1) is 5.92 Å². The van der Waals surface area contributed by atoms with Gasteiger partial charge in [0.25, 0.3) is 0 Å². The van der Waals surface area contributed by atoms with Gasteiger partial charge in [0.15, 0.2) is 0 Å². The molecule has 1 aliphatic carbocycles. The van der Waals surface area contributed by atoms with Crippen LogP contribution in [0.25, 0.3) is 10.9 Å². The lowest BCUT2D eigenvalue weighted by Crippen LogP contribution is -2.03. The fourth-order valence-electron chi connectivity index (χ4n) is 2.32. The maximum absolute atomic E-state index is 5.78. The van der Waals surface area contributed by atoms with Crippen molar-refractivity contribution < 1.29 is 4.74 Å². The van der Waals surface area contributed by atoms with Crippen molar-refractivity contribution in [1.82, 2.24) is 4.98 Å². The highest BCUT2D eigenvalue weighted by molar-refractivity contribution is 5.81. The van der Waals surface area contributed by atoms with E-state index < -0.39 is 0 Å². The van der Waals surface area contributed by atoms with Crippen molar-refractivity contribution in [2.75, 3.05) is 19.0 Å². The number of para-hydroxylation sites is 1. The molecule has 1 heterocycles. The highest BCUT2D eigenvalue weighted by atomic mass is 16.5. The summed E-state index contributed by atoms with van der Waals surface area (Å²) in [6.45, 7) is 1.50. The molecule has 3 heteroatoms. The minimum atomic E-state index is 0.640. The van der Waals surface area contributed by atoms with Crippen LogP contribution in [-0.4, -0.2) is 18.6 Å². The third kappa shape index (κ3) is 3.04. The van der Waals surface area contributed by atoms with Crippen LogP contribution >= 0.6 is 0 Å². The lowest BCUT2D eigenvalue weighted by molar-refractivity contribution is 0.115. The molecule has 0 radical (unpaired) electrons. The normalized spacial score (nSPS) is 14.8. The van der Waals surface area contributed by atoms with Crippen molar-refractivity contribution in [3.05, 3.63) is 35.9 Å². The summed E-state index contributed by atoms with van der Waals surface area (Å²) in [6.07, 6.45) is 3.99. The molecular weight excluding hydrogens is 236 g/mol. The van der Waals surface area contributed by atoms with Gasteiger partial charge in [-0.15, -0.1) is 0 Å². The zero-order valence-electron chi connectivity index (χ0n) is 11.4. The predicted molar refractivity (Wildman–Crippen MR) is 78.3 cm³/mol. The molecule has 0 spiro atoms. The Morgan fingerprint density at radius 2 is 2.16 bits per heavy atom. The Morgan fingerprint density at radius 3 is 2.95 bits per heavy atom. The number of hydrogen-bond acceptors (Lipinski definition) is 3. The molecule has 19 heavy (non-hydrogen) atoms. The van der Waals surface area contributed by atoms with E-state index >= 15 is 0 Å². The maximum Gasteiger partial charge on any atom is 0.131 e. The van der Waals surface area contributed by atoms with E-state index in [0.29, 0.717) is 6.61 Å². The van der Waals surface area contributed by atoms with Gasteiger partial charge in [0.2, 0.25) is 0 Å². The van der Waals surface area contributed by atoms with Crippen molar-refractivity contribution in [2.45, 2.75) is 25.9 Å². The summed E-state index contributed by atoms with van der Waals surface area (Å²) in [7, 11) is 1.91. The average molecular weight is 256 g/mol. The highest BCUT2D eigenvalue weighted by Gasteiger charge is 2.20. The van der Waals surface area contributed by atoms with Gasteiger partial charge < -0.3 is 10.1 Å². The molecule has 3 rings (SSSR count). The maximum atomic E-state index is 5.78. The summed E-state index contributed by atoms with van der Waals surface area (Å²) in [5.41, 5.74) is 2.16. The van der Waals surface area contributed by atoms with Crippen LogP contribution in [0.3, 0.4) is 0 Å². The SMILES string of the molecule is CNc1nc2ccccc2cc1COCCC1CC1. The Balaban J connectivity index is 1.72. The number of aromatic nitrogens is 1. The third-order valence-electron chi connectivity index (χ3n) is 3.66. The standard InChI is InChI=1S/C16H20N2O/c1-17-16-14(11-19-9-8-12-6-7-12)10-13-4-2-3-5-15(13)18-16/h2-5,10,12H,6-9,11H2,1H3,(H,17,18). The summed E-state index contributed by atoms with van der Waals surface area (Å²) in [5.74, 6) is 1.85. The van der Waals surface area contributed by atoms with Crippen LogP contribution in [0.4, 0.5) is 5.82 Å². The molecule has 1 N–H and O–H groups in total. The number of hydrogen-bond donors (Lipinski definition) is 1. The quantitative estimate of drug-likeness (QED) is 0.802. The van der Waals surface area contributed by atoms with Crippen molar-refractivity contribution in [3.63, 3.8) is 0 Å². The average Bonchev–Trinajstić information content (AvgIpc) is 3.27. The Morgan fingerprint density at radius 1 is 1.32 bits per heavy atom. The summed E-state index contributed by atoms with van der Waals surface area (Å²) in [4.78, 5) is 4.63. The molecular formula is C16H20N2O. The van der Waals surface area contributed by atoms with Crippen molar-refractivity contribution in [2.24, 2.45) is 5.92 Å². The van der Waals surface area contributed by atoms with Crippen LogP contribution in [-0.2, 0) is 11.3 Å². The van der Waals surface area contributed by atoms with Gasteiger partial charge in [-0.3, -0.25) is 0 Å². The fraction of sp³-hybridized carbons (Fsp3) is 0.438. The van der Waals surface area contributed by atoms with Gasteiger partial charge in [-0.2, -0.15) is 0 Å². The Labute approximate surface area is 114 Å².